The summed E-state index contributed by atoms with van der Waals surface area (Å²) in [4.78, 5) is 27.2. The van der Waals surface area contributed by atoms with E-state index < -0.39 is 17.7 Å². The Bertz CT molecular complexity index is 1240. The van der Waals surface area contributed by atoms with Gasteiger partial charge in [0.15, 0.2) is 0 Å². The van der Waals surface area contributed by atoms with Gasteiger partial charge >= 0.3 is 5.91 Å². The zero-order valence-corrected chi connectivity index (χ0v) is 17.4. The number of carbonyl (C=O) groups is 2. The molecule has 0 radical (unpaired) electrons. The number of ketones is 1. The molecule has 0 spiro atoms. The third-order valence-corrected chi connectivity index (χ3v) is 5.72. The van der Waals surface area contributed by atoms with Crippen molar-refractivity contribution in [3.8, 4) is 11.8 Å². The average molecular weight is 432 g/mol. The molecular weight excluding hydrogens is 416 g/mol. The van der Waals surface area contributed by atoms with Gasteiger partial charge in [-0.05, 0) is 48.9 Å². The van der Waals surface area contributed by atoms with E-state index in [1.54, 1.807) is 55.5 Å². The van der Waals surface area contributed by atoms with Crippen molar-refractivity contribution in [1.29, 1.82) is 5.26 Å². The van der Waals surface area contributed by atoms with Crippen LogP contribution in [0, 0.1) is 18.3 Å². The maximum absolute atomic E-state index is 13.0. The summed E-state index contributed by atoms with van der Waals surface area (Å²) in [5, 5.41) is 29.0. The number of aliphatic hydroxyl groups is 1. The Kier molecular flexibility index (Phi) is 5.23. The van der Waals surface area contributed by atoms with Crippen molar-refractivity contribution < 1.29 is 19.4 Å². The van der Waals surface area contributed by atoms with Crippen LogP contribution in [0.2, 0.25) is 0 Å². The number of rotatable bonds is 4. The lowest BCUT2D eigenvalue weighted by Crippen LogP contribution is -2.29. The molecular formula is C22H16N4O4S. The number of aliphatic hydroxyl groups excluding tert-OH is 1. The highest BCUT2D eigenvalue weighted by atomic mass is 32.1. The van der Waals surface area contributed by atoms with Crippen LogP contribution in [0.1, 0.15) is 27.7 Å². The number of hydrogen-bond donors (Lipinski definition) is 1. The highest BCUT2D eigenvalue weighted by Crippen LogP contribution is 2.43. The number of nitriles is 1. The van der Waals surface area contributed by atoms with Gasteiger partial charge in [0, 0.05) is 5.56 Å². The maximum atomic E-state index is 13.0. The SMILES string of the molecule is COc1ccc(/C(O)=C2\C(=O)C(=O)N(c3nnc(C)s3)C2c2ccc(C#N)cc2)cc1. The number of aromatic nitrogens is 2. The number of hydrogen-bond acceptors (Lipinski definition) is 8. The van der Waals surface area contributed by atoms with Crippen molar-refractivity contribution >= 4 is 33.9 Å². The molecule has 1 N–H and O–H groups in total. The molecule has 1 fully saturated rings. The van der Waals surface area contributed by atoms with Crippen LogP contribution in [0.15, 0.2) is 54.1 Å². The summed E-state index contributed by atoms with van der Waals surface area (Å²) in [7, 11) is 1.52. The zero-order chi connectivity index (χ0) is 22.1. The van der Waals surface area contributed by atoms with E-state index in [1.165, 1.54) is 23.3 Å². The minimum atomic E-state index is -0.915. The fraction of sp³-hybridized carbons (Fsp3) is 0.136. The fourth-order valence-electron chi connectivity index (χ4n) is 3.37. The summed E-state index contributed by atoms with van der Waals surface area (Å²) in [6.07, 6.45) is 0. The van der Waals surface area contributed by atoms with Crippen molar-refractivity contribution in [2.75, 3.05) is 12.0 Å². The lowest BCUT2D eigenvalue weighted by Gasteiger charge is -2.22. The van der Waals surface area contributed by atoms with Gasteiger partial charge in [-0.3, -0.25) is 14.5 Å². The van der Waals surface area contributed by atoms with Crippen molar-refractivity contribution in [3.05, 3.63) is 75.8 Å². The van der Waals surface area contributed by atoms with E-state index in [0.717, 1.165) is 0 Å². The van der Waals surface area contributed by atoms with Crippen molar-refractivity contribution in [2.24, 2.45) is 0 Å². The van der Waals surface area contributed by atoms with Gasteiger partial charge in [0.2, 0.25) is 5.13 Å². The predicted molar refractivity (Wildman–Crippen MR) is 114 cm³/mol. The molecule has 0 bridgehead atoms. The normalized spacial score (nSPS) is 17.6. The van der Waals surface area contributed by atoms with Gasteiger partial charge < -0.3 is 9.84 Å². The summed E-state index contributed by atoms with van der Waals surface area (Å²) >= 11 is 1.17. The standard InChI is InChI=1S/C22H16N4O4S/c1-12-24-25-22(31-12)26-18(14-5-3-13(11-23)4-6-14)17(20(28)21(26)29)19(27)15-7-9-16(30-2)10-8-15/h3-10,18,27H,1-2H3/b19-17+. The number of Topliss-reactive ketones (excluding diaryl/α,β-unsaturated/α-hetero) is 1. The number of amides is 1. The molecule has 1 aliphatic rings. The molecule has 0 saturated carbocycles. The molecule has 3 aromatic rings. The molecule has 9 heteroatoms. The Morgan fingerprint density at radius 1 is 1.13 bits per heavy atom. The molecule has 2 aromatic carbocycles. The van der Waals surface area contributed by atoms with Gasteiger partial charge in [-0.15, -0.1) is 10.2 Å². The van der Waals surface area contributed by atoms with Crippen molar-refractivity contribution in [3.63, 3.8) is 0 Å². The Morgan fingerprint density at radius 2 is 1.81 bits per heavy atom. The van der Waals surface area contributed by atoms with E-state index >= 15 is 0 Å². The van der Waals surface area contributed by atoms with Gasteiger partial charge in [-0.25, -0.2) is 0 Å². The van der Waals surface area contributed by atoms with Crippen LogP contribution in [0.25, 0.3) is 5.76 Å². The molecule has 1 unspecified atom stereocenters. The molecule has 1 aliphatic heterocycles. The molecule has 4 rings (SSSR count). The van der Waals surface area contributed by atoms with E-state index in [-0.39, 0.29) is 16.5 Å². The monoisotopic (exact) mass is 432 g/mol. The number of carbonyl (C=O) groups excluding carboxylic acids is 2. The Labute approximate surface area is 181 Å². The molecule has 1 atom stereocenters. The topological polar surface area (TPSA) is 116 Å². The average Bonchev–Trinajstić information content (AvgIpc) is 3.34. The third-order valence-electron chi connectivity index (χ3n) is 4.88. The summed E-state index contributed by atoms with van der Waals surface area (Å²) < 4.78 is 5.13. The Morgan fingerprint density at radius 3 is 2.35 bits per heavy atom. The predicted octanol–water partition coefficient (Wildman–Crippen LogP) is 3.35. The lowest BCUT2D eigenvalue weighted by atomic mass is 9.95. The molecule has 2 heterocycles. The molecule has 1 amide bonds. The summed E-state index contributed by atoms with van der Waals surface area (Å²) in [5.74, 6) is -1.35. The summed E-state index contributed by atoms with van der Waals surface area (Å²) in [6, 6.07) is 14.1. The van der Waals surface area contributed by atoms with Gasteiger partial charge in [0.25, 0.3) is 5.78 Å². The second-order valence-corrected chi connectivity index (χ2v) is 7.90. The Balaban J connectivity index is 1.91. The van der Waals surface area contributed by atoms with Crippen molar-refractivity contribution in [1.82, 2.24) is 10.2 Å². The van der Waals surface area contributed by atoms with Crippen LogP contribution < -0.4 is 9.64 Å². The first-order chi connectivity index (χ1) is 14.9. The minimum Gasteiger partial charge on any atom is -0.507 e. The van der Waals surface area contributed by atoms with E-state index in [1.807, 2.05) is 6.07 Å². The van der Waals surface area contributed by atoms with Crippen LogP contribution in [-0.4, -0.2) is 34.1 Å². The number of anilines is 1. The van der Waals surface area contributed by atoms with Crippen LogP contribution in [-0.2, 0) is 9.59 Å². The van der Waals surface area contributed by atoms with Gasteiger partial charge in [0.05, 0.1) is 30.4 Å². The Hall–Kier alpha value is -4.03. The molecule has 8 nitrogen and oxygen atoms in total. The largest absolute Gasteiger partial charge is 0.507 e. The highest BCUT2D eigenvalue weighted by Gasteiger charge is 2.48. The number of benzene rings is 2. The van der Waals surface area contributed by atoms with Crippen LogP contribution >= 0.6 is 11.3 Å². The summed E-state index contributed by atoms with van der Waals surface area (Å²) in [5.41, 5.74) is 1.29. The number of aryl methyl sites for hydroxylation is 1. The first-order valence-corrected chi connectivity index (χ1v) is 10.0. The minimum absolute atomic E-state index is 0.0623. The smallest absolute Gasteiger partial charge is 0.301 e. The zero-order valence-electron chi connectivity index (χ0n) is 16.6. The molecule has 1 aromatic heterocycles. The van der Waals surface area contributed by atoms with Gasteiger partial charge in [-0.2, -0.15) is 5.26 Å². The second-order valence-electron chi connectivity index (χ2n) is 6.74. The first-order valence-electron chi connectivity index (χ1n) is 9.20. The second kappa shape index (κ2) is 8.01. The quantitative estimate of drug-likeness (QED) is 0.382. The molecule has 31 heavy (non-hydrogen) atoms. The van der Waals surface area contributed by atoms with Crippen LogP contribution in [0.4, 0.5) is 5.13 Å². The number of methoxy groups -OCH3 is 1. The fourth-order valence-corrected chi connectivity index (χ4v) is 4.09. The van der Waals surface area contributed by atoms with Gasteiger partial charge in [0.1, 0.15) is 16.5 Å². The molecule has 154 valence electrons. The van der Waals surface area contributed by atoms with Crippen LogP contribution in [0.5, 0.6) is 5.75 Å². The van der Waals surface area contributed by atoms with Crippen LogP contribution in [0.3, 0.4) is 0 Å². The lowest BCUT2D eigenvalue weighted by molar-refractivity contribution is -0.132. The van der Waals surface area contributed by atoms with Crippen molar-refractivity contribution in [2.45, 2.75) is 13.0 Å². The molecule has 0 aliphatic carbocycles. The third kappa shape index (κ3) is 3.53. The molecule has 1 saturated heterocycles. The highest BCUT2D eigenvalue weighted by molar-refractivity contribution is 7.15. The van der Waals surface area contributed by atoms with E-state index in [2.05, 4.69) is 10.2 Å². The van der Waals surface area contributed by atoms with E-state index in [9.17, 15) is 14.7 Å². The number of nitrogens with zero attached hydrogens (tertiary/aromatic N) is 4. The number of ether oxygens (including phenoxy) is 1. The van der Waals surface area contributed by atoms with E-state index in [4.69, 9.17) is 10.00 Å². The first kappa shape index (κ1) is 20.3. The summed E-state index contributed by atoms with van der Waals surface area (Å²) in [6.45, 7) is 1.74. The van der Waals surface area contributed by atoms with E-state index in [0.29, 0.717) is 27.4 Å². The van der Waals surface area contributed by atoms with Gasteiger partial charge in [-0.1, -0.05) is 23.5 Å². The maximum Gasteiger partial charge on any atom is 0.301 e.